The molecular formula is C24H26O7. The zero-order valence-corrected chi connectivity index (χ0v) is 17.7. The van der Waals surface area contributed by atoms with Gasteiger partial charge in [0.15, 0.2) is 11.4 Å². The van der Waals surface area contributed by atoms with Crippen molar-refractivity contribution in [1.82, 2.24) is 0 Å². The minimum absolute atomic E-state index is 0.0117. The fourth-order valence-corrected chi connectivity index (χ4v) is 4.49. The van der Waals surface area contributed by atoms with Crippen molar-refractivity contribution in [2.24, 2.45) is 0 Å². The van der Waals surface area contributed by atoms with Crippen LogP contribution in [0, 0.1) is 0 Å². The van der Waals surface area contributed by atoms with Crippen LogP contribution in [-0.2, 0) is 11.2 Å². The van der Waals surface area contributed by atoms with E-state index in [0.717, 1.165) is 5.57 Å². The summed E-state index contributed by atoms with van der Waals surface area (Å²) in [7, 11) is 0. The molecule has 4 N–H and O–H groups in total. The first-order chi connectivity index (χ1) is 14.5. The van der Waals surface area contributed by atoms with Crippen LogP contribution in [0.1, 0.15) is 59.9 Å². The molecule has 1 aromatic rings. The second kappa shape index (κ2) is 7.15. The topological polar surface area (TPSA) is 124 Å². The summed E-state index contributed by atoms with van der Waals surface area (Å²) in [6.45, 7) is 4.86. The first kappa shape index (κ1) is 21.5. The van der Waals surface area contributed by atoms with Crippen LogP contribution in [-0.4, -0.2) is 55.9 Å². The van der Waals surface area contributed by atoms with E-state index in [0.29, 0.717) is 12.0 Å². The maximum atomic E-state index is 13.7. The van der Waals surface area contributed by atoms with Crippen molar-refractivity contribution < 1.29 is 34.8 Å². The van der Waals surface area contributed by atoms with Gasteiger partial charge in [-0.2, -0.15) is 0 Å². The molecule has 31 heavy (non-hydrogen) atoms. The molecule has 4 bridgehead atoms. The van der Waals surface area contributed by atoms with E-state index in [2.05, 4.69) is 0 Å². The second-order valence-electron chi connectivity index (χ2n) is 9.02. The molecule has 0 radical (unpaired) electrons. The van der Waals surface area contributed by atoms with E-state index in [4.69, 9.17) is 4.74 Å². The Morgan fingerprint density at radius 3 is 2.58 bits per heavy atom. The Morgan fingerprint density at radius 2 is 1.90 bits per heavy atom. The van der Waals surface area contributed by atoms with Gasteiger partial charge in [0.05, 0.1) is 17.8 Å². The standard InChI is InChI=1S/C24H26O7/c1-12-4-5-13(11-25)8-14-17(26)9-15-19(20(14)28)21(29)16-10-18(27)23(2,3)31-24(16,7-6-12)22(15)30/h5-6,9-10,18,25-28H,4,7-8,11H2,1-3H3. The highest BCUT2D eigenvalue weighted by molar-refractivity contribution is 6.28. The number of hydrogen-bond acceptors (Lipinski definition) is 7. The van der Waals surface area contributed by atoms with Gasteiger partial charge in [0.1, 0.15) is 17.6 Å². The van der Waals surface area contributed by atoms with Gasteiger partial charge in [-0.1, -0.05) is 17.7 Å². The quantitative estimate of drug-likeness (QED) is 0.509. The molecule has 1 aromatic carbocycles. The third-order valence-electron chi connectivity index (χ3n) is 6.43. The summed E-state index contributed by atoms with van der Waals surface area (Å²) in [5, 5.41) is 41.8. The number of benzene rings is 1. The number of fused-ring (bicyclic) bond motifs is 1. The van der Waals surface area contributed by atoms with Crippen molar-refractivity contribution in [3.63, 3.8) is 0 Å². The molecule has 7 nitrogen and oxygen atoms in total. The molecule has 7 heteroatoms. The molecule has 0 fully saturated rings. The maximum Gasteiger partial charge on any atom is 0.200 e. The van der Waals surface area contributed by atoms with Gasteiger partial charge in [-0.15, -0.1) is 0 Å². The van der Waals surface area contributed by atoms with E-state index in [1.807, 2.05) is 13.0 Å². The van der Waals surface area contributed by atoms with E-state index >= 15 is 0 Å². The van der Waals surface area contributed by atoms with E-state index in [-0.39, 0.29) is 47.5 Å². The van der Waals surface area contributed by atoms with Gasteiger partial charge in [0.25, 0.3) is 0 Å². The highest BCUT2D eigenvalue weighted by Gasteiger charge is 2.57. The first-order valence-corrected chi connectivity index (χ1v) is 10.2. The third-order valence-corrected chi connectivity index (χ3v) is 6.43. The maximum absolute atomic E-state index is 13.7. The minimum atomic E-state index is -1.67. The zero-order valence-electron chi connectivity index (χ0n) is 17.7. The number of hydrogen-bond donors (Lipinski definition) is 4. The van der Waals surface area contributed by atoms with Crippen molar-refractivity contribution >= 4 is 11.6 Å². The molecule has 1 spiro atoms. The second-order valence-corrected chi connectivity index (χ2v) is 9.02. The molecule has 0 amide bonds. The number of phenols is 2. The average molecular weight is 426 g/mol. The summed E-state index contributed by atoms with van der Waals surface area (Å²) in [5.74, 6) is -2.00. The molecule has 0 saturated carbocycles. The number of ether oxygens (including phenoxy) is 1. The molecule has 1 aliphatic heterocycles. The Bertz CT molecular complexity index is 1090. The number of phenolic OH excluding ortho intramolecular Hbond substituents is 2. The normalized spacial score (nSPS) is 27.5. The summed E-state index contributed by atoms with van der Waals surface area (Å²) in [5.41, 5.74) is -1.63. The number of ketones is 2. The lowest BCUT2D eigenvalue weighted by atomic mass is 9.69. The lowest BCUT2D eigenvalue weighted by molar-refractivity contribution is -0.150. The zero-order chi connectivity index (χ0) is 22.7. The van der Waals surface area contributed by atoms with E-state index in [1.54, 1.807) is 19.9 Å². The Kier molecular flexibility index (Phi) is 4.96. The lowest BCUT2D eigenvalue weighted by Crippen LogP contribution is -2.59. The first-order valence-electron chi connectivity index (χ1n) is 10.2. The Hall–Kier alpha value is -2.74. The van der Waals surface area contributed by atoms with E-state index in [1.165, 1.54) is 12.1 Å². The summed E-state index contributed by atoms with van der Waals surface area (Å²) >= 11 is 0. The van der Waals surface area contributed by atoms with Crippen molar-refractivity contribution in [2.45, 2.75) is 57.3 Å². The predicted molar refractivity (Wildman–Crippen MR) is 112 cm³/mol. The van der Waals surface area contributed by atoms with Gasteiger partial charge in [-0.25, -0.2) is 0 Å². The number of aliphatic hydroxyl groups excluding tert-OH is 2. The molecule has 0 saturated heterocycles. The number of aliphatic hydroxyl groups is 2. The van der Waals surface area contributed by atoms with Crippen LogP contribution in [0.3, 0.4) is 0 Å². The summed E-state index contributed by atoms with van der Waals surface area (Å²) in [4.78, 5) is 27.3. The van der Waals surface area contributed by atoms with Gasteiger partial charge < -0.3 is 25.2 Å². The van der Waals surface area contributed by atoms with Crippen LogP contribution in [0.25, 0.3) is 0 Å². The molecule has 164 valence electrons. The fraction of sp³-hybridized carbons (Fsp3) is 0.417. The molecule has 0 aromatic heterocycles. The highest BCUT2D eigenvalue weighted by Crippen LogP contribution is 2.49. The average Bonchev–Trinajstić information content (AvgIpc) is 2.71. The number of carbonyl (C=O) groups is 2. The van der Waals surface area contributed by atoms with Crippen LogP contribution in [0.15, 0.2) is 41.0 Å². The van der Waals surface area contributed by atoms with Crippen LogP contribution in [0.2, 0.25) is 0 Å². The lowest BCUT2D eigenvalue weighted by Gasteiger charge is -2.48. The monoisotopic (exact) mass is 426 g/mol. The van der Waals surface area contributed by atoms with Crippen LogP contribution in [0.5, 0.6) is 11.5 Å². The summed E-state index contributed by atoms with van der Waals surface area (Å²) < 4.78 is 6.16. The third kappa shape index (κ3) is 3.15. The Balaban J connectivity index is 2.07. The molecule has 2 unspecified atom stereocenters. The van der Waals surface area contributed by atoms with Gasteiger partial charge in [-0.3, -0.25) is 9.59 Å². The molecule has 6 rings (SSSR count). The molecule has 2 atom stereocenters. The van der Waals surface area contributed by atoms with Gasteiger partial charge in [0, 0.05) is 29.5 Å². The minimum Gasteiger partial charge on any atom is -0.507 e. The largest absolute Gasteiger partial charge is 0.507 e. The van der Waals surface area contributed by atoms with Gasteiger partial charge in [0.2, 0.25) is 5.78 Å². The number of allylic oxidation sites excluding steroid dienone is 2. The van der Waals surface area contributed by atoms with Gasteiger partial charge in [-0.05, 0) is 44.9 Å². The summed E-state index contributed by atoms with van der Waals surface area (Å²) in [6, 6.07) is 1.19. The smallest absolute Gasteiger partial charge is 0.200 e. The van der Waals surface area contributed by atoms with Crippen LogP contribution in [0.4, 0.5) is 0 Å². The molecule has 1 heterocycles. The van der Waals surface area contributed by atoms with Crippen molar-refractivity contribution in [3.05, 3.63) is 57.7 Å². The fourth-order valence-electron chi connectivity index (χ4n) is 4.49. The van der Waals surface area contributed by atoms with Crippen molar-refractivity contribution in [2.75, 3.05) is 6.61 Å². The molecule has 5 aliphatic rings. The Morgan fingerprint density at radius 1 is 1.19 bits per heavy atom. The molecular weight excluding hydrogens is 400 g/mol. The van der Waals surface area contributed by atoms with E-state index in [9.17, 15) is 30.0 Å². The summed E-state index contributed by atoms with van der Waals surface area (Å²) in [6.07, 6.45) is 4.38. The van der Waals surface area contributed by atoms with Crippen molar-refractivity contribution in [3.8, 4) is 11.5 Å². The highest BCUT2D eigenvalue weighted by atomic mass is 16.5. The Labute approximate surface area is 180 Å². The predicted octanol–water partition coefficient (Wildman–Crippen LogP) is 2.51. The number of Topliss-reactive ketones (excluding diaryl/α,β-unsaturated/α-hetero) is 2. The van der Waals surface area contributed by atoms with Crippen molar-refractivity contribution in [1.29, 1.82) is 0 Å². The number of carbonyl (C=O) groups excluding carboxylic acids is 2. The van der Waals surface area contributed by atoms with Crippen LogP contribution < -0.4 is 0 Å². The number of rotatable bonds is 1. The SMILES string of the molecule is CC1=CCC23OC(C)(C)C(O)C=C2C(=O)c2c(cc(O)c(c2O)CC(CO)=CC1)C3=O. The van der Waals surface area contributed by atoms with Gasteiger partial charge >= 0.3 is 0 Å². The van der Waals surface area contributed by atoms with Crippen LogP contribution >= 0.6 is 0 Å². The van der Waals surface area contributed by atoms with E-state index < -0.39 is 34.6 Å². The molecule has 4 aliphatic carbocycles. The number of aromatic hydroxyl groups is 2.